The molecule has 0 aliphatic heterocycles. The Kier molecular flexibility index (Phi) is 3.62. The molecule has 0 aliphatic carbocycles. The normalized spacial score (nSPS) is 11.2. The Morgan fingerprint density at radius 2 is 1.91 bits per heavy atom. The Balaban J connectivity index is 2.19. The zero-order chi connectivity index (χ0) is 15.7. The van der Waals surface area contributed by atoms with E-state index in [2.05, 4.69) is 15.0 Å². The number of nitrogens with one attached hydrogen (secondary N) is 1. The molecule has 0 unspecified atom stereocenters. The highest BCUT2D eigenvalue weighted by Crippen LogP contribution is 2.09. The van der Waals surface area contributed by atoms with E-state index in [1.807, 2.05) is 25.1 Å². The van der Waals surface area contributed by atoms with Crippen molar-refractivity contribution < 1.29 is 0 Å². The number of fused-ring (bicyclic) bond motifs is 1. The summed E-state index contributed by atoms with van der Waals surface area (Å²) in [7, 11) is 0. The molecule has 0 fully saturated rings. The number of pyridine rings is 1. The van der Waals surface area contributed by atoms with E-state index in [0.717, 1.165) is 5.69 Å². The predicted octanol–water partition coefficient (Wildman–Crippen LogP) is 0.912. The van der Waals surface area contributed by atoms with Crippen molar-refractivity contribution >= 4 is 11.2 Å². The molecular weight excluding hydrogens is 282 g/mol. The van der Waals surface area contributed by atoms with Gasteiger partial charge in [0.05, 0.1) is 0 Å². The average Bonchev–Trinajstić information content (AvgIpc) is 2.93. The second-order valence-corrected chi connectivity index (χ2v) is 4.96. The van der Waals surface area contributed by atoms with E-state index in [1.165, 1.54) is 9.13 Å². The number of nitrogens with zero attached hydrogens (tertiary/aromatic N) is 4. The minimum atomic E-state index is -0.327. The molecule has 3 aromatic heterocycles. The molecule has 22 heavy (non-hydrogen) atoms. The molecule has 114 valence electrons. The van der Waals surface area contributed by atoms with Crippen LogP contribution in [-0.4, -0.2) is 24.1 Å². The molecular formula is C15H17N5O2. The molecule has 0 aliphatic rings. The SMILES string of the molecule is CCn1c(=O)c2[nH]c(Cc3ccccn3)nc2n(CC)c1=O. The van der Waals surface area contributed by atoms with Gasteiger partial charge in [0, 0.05) is 31.4 Å². The summed E-state index contributed by atoms with van der Waals surface area (Å²) in [5.74, 6) is 0.626. The van der Waals surface area contributed by atoms with Gasteiger partial charge >= 0.3 is 5.69 Å². The maximum absolute atomic E-state index is 12.4. The minimum absolute atomic E-state index is 0.321. The summed E-state index contributed by atoms with van der Waals surface area (Å²) >= 11 is 0. The van der Waals surface area contributed by atoms with Crippen molar-refractivity contribution in [2.45, 2.75) is 33.4 Å². The average molecular weight is 299 g/mol. The maximum Gasteiger partial charge on any atom is 0.332 e. The first-order valence-corrected chi connectivity index (χ1v) is 7.27. The fourth-order valence-corrected chi connectivity index (χ4v) is 2.54. The molecule has 7 heteroatoms. The Morgan fingerprint density at radius 3 is 2.55 bits per heavy atom. The Morgan fingerprint density at radius 1 is 1.14 bits per heavy atom. The van der Waals surface area contributed by atoms with Gasteiger partial charge in [-0.3, -0.25) is 18.9 Å². The van der Waals surface area contributed by atoms with Crippen LogP contribution in [0.2, 0.25) is 0 Å². The van der Waals surface area contributed by atoms with Gasteiger partial charge in [-0.25, -0.2) is 9.78 Å². The van der Waals surface area contributed by atoms with Crippen LogP contribution < -0.4 is 11.2 Å². The number of imidazole rings is 1. The molecule has 0 atom stereocenters. The Bertz CT molecular complexity index is 921. The van der Waals surface area contributed by atoms with Gasteiger partial charge in [0.25, 0.3) is 5.56 Å². The molecule has 7 nitrogen and oxygen atoms in total. The summed E-state index contributed by atoms with van der Waals surface area (Å²) in [5, 5.41) is 0. The smallest absolute Gasteiger partial charge is 0.332 e. The second-order valence-electron chi connectivity index (χ2n) is 4.96. The van der Waals surface area contributed by atoms with Crippen molar-refractivity contribution in [2.24, 2.45) is 0 Å². The van der Waals surface area contributed by atoms with Gasteiger partial charge in [-0.2, -0.15) is 0 Å². The highest BCUT2D eigenvalue weighted by atomic mass is 16.2. The first-order valence-electron chi connectivity index (χ1n) is 7.27. The van der Waals surface area contributed by atoms with E-state index >= 15 is 0 Å². The van der Waals surface area contributed by atoms with Crippen molar-refractivity contribution in [3.8, 4) is 0 Å². The third kappa shape index (κ3) is 2.24. The largest absolute Gasteiger partial charge is 0.336 e. The zero-order valence-corrected chi connectivity index (χ0v) is 12.5. The molecule has 0 spiro atoms. The van der Waals surface area contributed by atoms with Crippen molar-refractivity contribution in [3.05, 3.63) is 56.8 Å². The topological polar surface area (TPSA) is 85.6 Å². The van der Waals surface area contributed by atoms with Crippen molar-refractivity contribution in [3.63, 3.8) is 0 Å². The van der Waals surface area contributed by atoms with Crippen LogP contribution in [0, 0.1) is 0 Å². The molecule has 3 heterocycles. The quantitative estimate of drug-likeness (QED) is 0.776. The number of H-pyrrole nitrogens is 1. The van der Waals surface area contributed by atoms with Crippen LogP contribution in [0.3, 0.4) is 0 Å². The second kappa shape index (κ2) is 5.59. The highest BCUT2D eigenvalue weighted by molar-refractivity contribution is 5.69. The number of aromatic amines is 1. The van der Waals surface area contributed by atoms with Crippen LogP contribution in [0.25, 0.3) is 11.2 Å². The van der Waals surface area contributed by atoms with Crippen LogP contribution in [0.4, 0.5) is 0 Å². The molecule has 0 saturated heterocycles. The standard InChI is InChI=1S/C15H17N5O2/c1-3-19-13-12(14(21)20(4-2)15(19)22)17-11(18-13)9-10-7-5-6-8-16-10/h5-8H,3-4,9H2,1-2H3,(H,17,18). The van der Waals surface area contributed by atoms with E-state index in [1.54, 1.807) is 13.1 Å². The number of aryl methyl sites for hydroxylation is 1. The lowest BCUT2D eigenvalue weighted by molar-refractivity contribution is 0.605. The molecule has 0 radical (unpaired) electrons. The highest BCUT2D eigenvalue weighted by Gasteiger charge is 2.15. The van der Waals surface area contributed by atoms with Crippen molar-refractivity contribution in [1.29, 1.82) is 0 Å². The fraction of sp³-hybridized carbons (Fsp3) is 0.333. The van der Waals surface area contributed by atoms with Crippen LogP contribution in [-0.2, 0) is 19.5 Å². The van der Waals surface area contributed by atoms with Gasteiger partial charge in [0.15, 0.2) is 5.65 Å². The summed E-state index contributed by atoms with van der Waals surface area (Å²) in [6, 6.07) is 5.64. The van der Waals surface area contributed by atoms with Gasteiger partial charge in [-0.15, -0.1) is 0 Å². The van der Waals surface area contributed by atoms with Crippen LogP contribution >= 0.6 is 0 Å². The Labute approximate surface area is 126 Å². The van der Waals surface area contributed by atoms with E-state index in [0.29, 0.717) is 36.5 Å². The minimum Gasteiger partial charge on any atom is -0.336 e. The third-order valence-corrected chi connectivity index (χ3v) is 3.62. The van der Waals surface area contributed by atoms with Crippen LogP contribution in [0.1, 0.15) is 25.4 Å². The van der Waals surface area contributed by atoms with Gasteiger partial charge in [-0.05, 0) is 26.0 Å². The van der Waals surface area contributed by atoms with Crippen LogP contribution in [0.5, 0.6) is 0 Å². The molecule has 0 saturated carbocycles. The number of hydrogen-bond donors (Lipinski definition) is 1. The lowest BCUT2D eigenvalue weighted by Crippen LogP contribution is -2.39. The lowest BCUT2D eigenvalue weighted by Gasteiger charge is -2.06. The molecule has 3 aromatic rings. The monoisotopic (exact) mass is 299 g/mol. The van der Waals surface area contributed by atoms with Gasteiger partial charge in [0.1, 0.15) is 11.3 Å². The van der Waals surface area contributed by atoms with Gasteiger partial charge in [-0.1, -0.05) is 6.07 Å². The molecule has 0 bridgehead atoms. The van der Waals surface area contributed by atoms with Gasteiger partial charge < -0.3 is 4.98 Å². The third-order valence-electron chi connectivity index (χ3n) is 3.62. The number of hydrogen-bond acceptors (Lipinski definition) is 4. The molecule has 0 amide bonds. The summed E-state index contributed by atoms with van der Waals surface area (Å²) in [6.07, 6.45) is 2.20. The number of aromatic nitrogens is 5. The fourth-order valence-electron chi connectivity index (χ4n) is 2.54. The van der Waals surface area contributed by atoms with Crippen LogP contribution in [0.15, 0.2) is 34.0 Å². The summed E-state index contributed by atoms with van der Waals surface area (Å²) in [6.45, 7) is 4.43. The molecule has 1 N–H and O–H groups in total. The maximum atomic E-state index is 12.4. The van der Waals surface area contributed by atoms with Crippen molar-refractivity contribution in [2.75, 3.05) is 0 Å². The Hall–Kier alpha value is -2.70. The zero-order valence-electron chi connectivity index (χ0n) is 12.5. The van der Waals surface area contributed by atoms with E-state index in [-0.39, 0.29) is 11.2 Å². The predicted molar refractivity (Wildman–Crippen MR) is 83.0 cm³/mol. The first kappa shape index (κ1) is 14.2. The summed E-state index contributed by atoms with van der Waals surface area (Å²) in [5.41, 5.74) is 0.982. The first-order chi connectivity index (χ1) is 10.7. The van der Waals surface area contributed by atoms with Crippen molar-refractivity contribution in [1.82, 2.24) is 24.1 Å². The van der Waals surface area contributed by atoms with E-state index in [4.69, 9.17) is 0 Å². The van der Waals surface area contributed by atoms with E-state index in [9.17, 15) is 9.59 Å². The summed E-state index contributed by atoms with van der Waals surface area (Å²) in [4.78, 5) is 36.4. The van der Waals surface area contributed by atoms with E-state index < -0.39 is 0 Å². The molecule has 3 rings (SSSR count). The van der Waals surface area contributed by atoms with Gasteiger partial charge in [0.2, 0.25) is 0 Å². The number of rotatable bonds is 4. The summed E-state index contributed by atoms with van der Waals surface area (Å²) < 4.78 is 2.73. The lowest BCUT2D eigenvalue weighted by atomic mass is 10.3. The molecule has 0 aromatic carbocycles.